The normalized spacial score (nSPS) is 22.9. The van der Waals surface area contributed by atoms with Gasteiger partial charge in [-0.15, -0.1) is 0 Å². The van der Waals surface area contributed by atoms with E-state index in [1.54, 1.807) is 0 Å². The van der Waals surface area contributed by atoms with Crippen molar-refractivity contribution in [3.8, 4) is 0 Å². The lowest BCUT2D eigenvalue weighted by atomic mass is 9.66. The van der Waals surface area contributed by atoms with Crippen molar-refractivity contribution in [2.45, 2.75) is 40.0 Å². The molecule has 0 aromatic carbocycles. The van der Waals surface area contributed by atoms with E-state index in [0.717, 1.165) is 11.8 Å². The van der Waals surface area contributed by atoms with Gasteiger partial charge in [-0.2, -0.15) is 0 Å². The molecule has 0 N–H and O–H groups in total. The third-order valence-electron chi connectivity index (χ3n) is 3.00. The summed E-state index contributed by atoms with van der Waals surface area (Å²) in [6, 6.07) is 0. The van der Waals surface area contributed by atoms with Gasteiger partial charge in [-0.1, -0.05) is 56.0 Å². The summed E-state index contributed by atoms with van der Waals surface area (Å²) in [5.41, 5.74) is 0.495. The van der Waals surface area contributed by atoms with Crippen LogP contribution in [0, 0.1) is 17.3 Å². The Morgan fingerprint density at radius 1 is 1.36 bits per heavy atom. The molecule has 11 heavy (non-hydrogen) atoms. The molecule has 1 rings (SSSR count). The second kappa shape index (κ2) is 3.47. The Morgan fingerprint density at radius 2 is 1.91 bits per heavy atom. The quantitative estimate of drug-likeness (QED) is 0.619. The van der Waals surface area contributed by atoms with E-state index < -0.39 is 0 Å². The third-order valence-corrected chi connectivity index (χ3v) is 3.70. The molecule has 0 heterocycles. The van der Waals surface area contributed by atoms with Crippen LogP contribution in [-0.2, 0) is 0 Å². The van der Waals surface area contributed by atoms with E-state index in [-0.39, 0.29) is 0 Å². The minimum absolute atomic E-state index is 0.495. The third kappa shape index (κ3) is 2.21. The maximum atomic E-state index is 3.63. The predicted octanol–water partition coefficient (Wildman–Crippen LogP) is 3.84. The lowest BCUT2D eigenvalue weighted by Gasteiger charge is -2.40. The number of hydrogen-bond acceptors (Lipinski definition) is 0. The molecule has 1 heteroatoms. The summed E-state index contributed by atoms with van der Waals surface area (Å²) in [5.74, 6) is 1.89. The van der Waals surface area contributed by atoms with Crippen LogP contribution in [0.25, 0.3) is 0 Å². The van der Waals surface area contributed by atoms with Crippen molar-refractivity contribution in [2.75, 3.05) is 5.33 Å². The Bertz CT molecular complexity index is 119. The molecule has 0 aliphatic heterocycles. The molecule has 0 radical (unpaired) electrons. The first-order valence-corrected chi connectivity index (χ1v) is 5.74. The molecule has 1 saturated carbocycles. The first-order chi connectivity index (χ1) is 5.05. The van der Waals surface area contributed by atoms with Gasteiger partial charge in [0.25, 0.3) is 0 Å². The van der Waals surface area contributed by atoms with Crippen LogP contribution in [0.5, 0.6) is 0 Å². The van der Waals surface area contributed by atoms with Gasteiger partial charge in [0.15, 0.2) is 0 Å². The highest BCUT2D eigenvalue weighted by atomic mass is 79.9. The molecule has 1 fully saturated rings. The van der Waals surface area contributed by atoms with E-state index in [0.29, 0.717) is 5.41 Å². The minimum atomic E-state index is 0.495. The number of alkyl halides is 1. The van der Waals surface area contributed by atoms with Gasteiger partial charge in [-0.25, -0.2) is 0 Å². The fourth-order valence-corrected chi connectivity index (χ4v) is 3.41. The van der Waals surface area contributed by atoms with E-state index >= 15 is 0 Å². The van der Waals surface area contributed by atoms with Gasteiger partial charge in [0.05, 0.1) is 0 Å². The van der Waals surface area contributed by atoms with Crippen molar-refractivity contribution in [1.82, 2.24) is 0 Å². The largest absolute Gasteiger partial charge is 0.0925 e. The molecule has 1 aliphatic rings. The van der Waals surface area contributed by atoms with Crippen LogP contribution in [0.1, 0.15) is 40.0 Å². The molecular formula is C10H19Br. The zero-order chi connectivity index (χ0) is 8.48. The maximum absolute atomic E-state index is 3.63. The molecular weight excluding hydrogens is 200 g/mol. The number of hydrogen-bond donors (Lipinski definition) is 0. The SMILES string of the molecule is CC(C)(C)C(CBr)C1CCC1. The Morgan fingerprint density at radius 3 is 2.00 bits per heavy atom. The topological polar surface area (TPSA) is 0 Å². The Labute approximate surface area is 78.9 Å². The van der Waals surface area contributed by atoms with Crippen LogP contribution < -0.4 is 0 Å². The summed E-state index contributed by atoms with van der Waals surface area (Å²) >= 11 is 3.63. The minimum Gasteiger partial charge on any atom is -0.0925 e. The lowest BCUT2D eigenvalue weighted by Crippen LogP contribution is -2.33. The smallest absolute Gasteiger partial charge is 0.00673 e. The molecule has 0 bridgehead atoms. The van der Waals surface area contributed by atoms with Crippen molar-refractivity contribution in [3.05, 3.63) is 0 Å². The maximum Gasteiger partial charge on any atom is 0.00673 e. The molecule has 66 valence electrons. The van der Waals surface area contributed by atoms with Crippen molar-refractivity contribution >= 4 is 15.9 Å². The highest BCUT2D eigenvalue weighted by molar-refractivity contribution is 9.09. The summed E-state index contributed by atoms with van der Waals surface area (Å²) in [4.78, 5) is 0. The van der Waals surface area contributed by atoms with Crippen molar-refractivity contribution in [1.29, 1.82) is 0 Å². The van der Waals surface area contributed by atoms with E-state index in [4.69, 9.17) is 0 Å². The monoisotopic (exact) mass is 218 g/mol. The van der Waals surface area contributed by atoms with Gasteiger partial charge in [-0.3, -0.25) is 0 Å². The van der Waals surface area contributed by atoms with E-state index in [1.807, 2.05) is 0 Å². The van der Waals surface area contributed by atoms with Gasteiger partial charge in [0, 0.05) is 5.33 Å². The van der Waals surface area contributed by atoms with E-state index in [9.17, 15) is 0 Å². The Hall–Kier alpha value is 0.480. The van der Waals surface area contributed by atoms with Gasteiger partial charge in [0.1, 0.15) is 0 Å². The number of rotatable bonds is 2. The van der Waals surface area contributed by atoms with Crippen LogP contribution in [-0.4, -0.2) is 5.33 Å². The van der Waals surface area contributed by atoms with Gasteiger partial charge in [-0.05, 0) is 17.3 Å². The molecule has 0 saturated heterocycles. The molecule has 0 aromatic rings. The second-order valence-electron chi connectivity index (χ2n) is 4.82. The van der Waals surface area contributed by atoms with Crippen LogP contribution in [0.3, 0.4) is 0 Å². The van der Waals surface area contributed by atoms with Crippen LogP contribution in [0.15, 0.2) is 0 Å². The van der Waals surface area contributed by atoms with Gasteiger partial charge >= 0.3 is 0 Å². The fourth-order valence-electron chi connectivity index (χ4n) is 1.91. The van der Waals surface area contributed by atoms with Crippen molar-refractivity contribution in [2.24, 2.45) is 17.3 Å². The molecule has 0 amide bonds. The van der Waals surface area contributed by atoms with Crippen LogP contribution in [0.2, 0.25) is 0 Å². The first-order valence-electron chi connectivity index (χ1n) is 4.61. The average Bonchev–Trinajstić information content (AvgIpc) is 1.74. The highest BCUT2D eigenvalue weighted by Crippen LogP contribution is 2.43. The highest BCUT2D eigenvalue weighted by Gasteiger charge is 2.34. The summed E-state index contributed by atoms with van der Waals surface area (Å²) in [6.07, 6.45) is 4.39. The summed E-state index contributed by atoms with van der Waals surface area (Å²) < 4.78 is 0. The Kier molecular flexibility index (Phi) is 3.02. The molecule has 1 atom stereocenters. The van der Waals surface area contributed by atoms with E-state index in [2.05, 4.69) is 36.7 Å². The van der Waals surface area contributed by atoms with Crippen LogP contribution in [0.4, 0.5) is 0 Å². The summed E-state index contributed by atoms with van der Waals surface area (Å²) in [6.45, 7) is 7.08. The first kappa shape index (κ1) is 9.57. The van der Waals surface area contributed by atoms with Crippen LogP contribution >= 0.6 is 15.9 Å². The van der Waals surface area contributed by atoms with E-state index in [1.165, 1.54) is 24.6 Å². The standard InChI is InChI=1S/C10H19Br/c1-10(2,3)9(7-11)8-5-4-6-8/h8-9H,4-7H2,1-3H3. The summed E-state index contributed by atoms with van der Waals surface area (Å²) in [5, 5.41) is 1.18. The van der Waals surface area contributed by atoms with Gasteiger partial charge < -0.3 is 0 Å². The molecule has 1 unspecified atom stereocenters. The van der Waals surface area contributed by atoms with Crippen molar-refractivity contribution in [3.63, 3.8) is 0 Å². The molecule has 0 aromatic heterocycles. The zero-order valence-electron chi connectivity index (χ0n) is 7.86. The molecule has 1 aliphatic carbocycles. The average molecular weight is 219 g/mol. The predicted molar refractivity (Wildman–Crippen MR) is 54.1 cm³/mol. The second-order valence-corrected chi connectivity index (χ2v) is 5.47. The number of halogens is 1. The summed E-state index contributed by atoms with van der Waals surface area (Å²) in [7, 11) is 0. The zero-order valence-corrected chi connectivity index (χ0v) is 9.45. The fraction of sp³-hybridized carbons (Fsp3) is 1.00. The van der Waals surface area contributed by atoms with Gasteiger partial charge in [0.2, 0.25) is 0 Å². The molecule has 0 spiro atoms. The Balaban J connectivity index is 2.48. The molecule has 0 nitrogen and oxygen atoms in total. The lowest BCUT2D eigenvalue weighted by molar-refractivity contribution is 0.118. The van der Waals surface area contributed by atoms with Crippen molar-refractivity contribution < 1.29 is 0 Å².